The predicted octanol–water partition coefficient (Wildman–Crippen LogP) is 4.18. The summed E-state index contributed by atoms with van der Waals surface area (Å²) in [6.07, 6.45) is -0.725. The van der Waals surface area contributed by atoms with Gasteiger partial charge in [-0.1, -0.05) is 30.3 Å². The monoisotopic (exact) mass is 402 g/mol. The molecule has 0 aliphatic carbocycles. The van der Waals surface area contributed by atoms with E-state index in [9.17, 15) is 14.0 Å². The fraction of sp³-hybridized carbons (Fsp3) is 0.364. The van der Waals surface area contributed by atoms with E-state index in [2.05, 4.69) is 10.6 Å². The molecule has 0 spiro atoms. The van der Waals surface area contributed by atoms with Crippen LogP contribution >= 0.6 is 0 Å². The maximum Gasteiger partial charge on any atom is 0.408 e. The van der Waals surface area contributed by atoms with Crippen molar-refractivity contribution in [2.45, 2.75) is 45.9 Å². The van der Waals surface area contributed by atoms with E-state index in [-0.39, 0.29) is 13.2 Å². The summed E-state index contributed by atoms with van der Waals surface area (Å²) in [5.41, 5.74) is 1.26. The molecular weight excluding hydrogens is 375 g/mol. The summed E-state index contributed by atoms with van der Waals surface area (Å²) >= 11 is 0. The van der Waals surface area contributed by atoms with E-state index in [4.69, 9.17) is 9.47 Å². The number of carbonyl (C=O) groups is 2. The maximum absolute atomic E-state index is 13.3. The highest BCUT2D eigenvalue weighted by Gasteiger charge is 2.25. The van der Waals surface area contributed by atoms with Gasteiger partial charge in [-0.05, 0) is 57.0 Å². The number of aryl methyl sites for hydroxylation is 1. The van der Waals surface area contributed by atoms with Gasteiger partial charge in [-0.25, -0.2) is 9.18 Å². The maximum atomic E-state index is 13.3. The van der Waals surface area contributed by atoms with E-state index in [1.165, 1.54) is 18.2 Å². The average molecular weight is 402 g/mol. The fourth-order valence-electron chi connectivity index (χ4n) is 2.49. The molecule has 29 heavy (non-hydrogen) atoms. The van der Waals surface area contributed by atoms with Crippen LogP contribution in [0.4, 0.5) is 14.9 Å². The molecule has 2 rings (SSSR count). The van der Waals surface area contributed by atoms with Crippen LogP contribution in [-0.4, -0.2) is 30.3 Å². The van der Waals surface area contributed by atoms with Gasteiger partial charge in [0.05, 0.1) is 13.2 Å². The van der Waals surface area contributed by atoms with Gasteiger partial charge in [0, 0.05) is 5.69 Å². The SMILES string of the molecule is Cc1cc(F)ccc1NC(=O)C(COCc1ccccc1)NC(=O)OC(C)(C)C. The second-order valence-corrected chi connectivity index (χ2v) is 7.65. The van der Waals surface area contributed by atoms with Gasteiger partial charge in [0.2, 0.25) is 5.91 Å². The van der Waals surface area contributed by atoms with Gasteiger partial charge < -0.3 is 20.1 Å². The second-order valence-electron chi connectivity index (χ2n) is 7.65. The number of rotatable bonds is 7. The van der Waals surface area contributed by atoms with E-state index in [0.717, 1.165) is 5.56 Å². The predicted molar refractivity (Wildman–Crippen MR) is 109 cm³/mol. The van der Waals surface area contributed by atoms with Crippen molar-refractivity contribution in [3.05, 3.63) is 65.5 Å². The molecule has 0 aliphatic heterocycles. The van der Waals surface area contributed by atoms with Crippen molar-refractivity contribution in [3.63, 3.8) is 0 Å². The standard InChI is InChI=1S/C22H27FN2O4/c1-15-12-17(23)10-11-18(15)24-20(26)19(25-21(27)29-22(2,3)4)14-28-13-16-8-6-5-7-9-16/h5-12,19H,13-14H2,1-4H3,(H,24,26)(H,25,27). The molecule has 1 atom stereocenters. The third-order valence-electron chi connectivity index (χ3n) is 3.85. The first-order valence-electron chi connectivity index (χ1n) is 9.32. The van der Waals surface area contributed by atoms with Crippen molar-refractivity contribution >= 4 is 17.7 Å². The Balaban J connectivity index is 2.05. The minimum atomic E-state index is -0.988. The van der Waals surface area contributed by atoms with Gasteiger partial charge >= 0.3 is 6.09 Å². The van der Waals surface area contributed by atoms with Crippen molar-refractivity contribution < 1.29 is 23.5 Å². The Hall–Kier alpha value is -2.93. The lowest BCUT2D eigenvalue weighted by Gasteiger charge is -2.23. The number of ether oxygens (including phenoxy) is 2. The normalized spacial score (nSPS) is 12.2. The number of anilines is 1. The minimum absolute atomic E-state index is 0.0553. The van der Waals surface area contributed by atoms with Crippen LogP contribution in [0.3, 0.4) is 0 Å². The van der Waals surface area contributed by atoms with Crippen LogP contribution in [-0.2, 0) is 20.9 Å². The first-order valence-corrected chi connectivity index (χ1v) is 9.32. The highest BCUT2D eigenvalue weighted by Crippen LogP contribution is 2.16. The quantitative estimate of drug-likeness (QED) is 0.728. The molecule has 156 valence electrons. The Morgan fingerprint density at radius 3 is 2.41 bits per heavy atom. The van der Waals surface area contributed by atoms with Gasteiger partial charge in [-0.3, -0.25) is 4.79 Å². The summed E-state index contributed by atoms with van der Waals surface area (Å²) in [5.74, 6) is -0.881. The van der Waals surface area contributed by atoms with Gasteiger partial charge in [0.15, 0.2) is 0 Å². The molecule has 6 nitrogen and oxygen atoms in total. The zero-order chi connectivity index (χ0) is 21.4. The van der Waals surface area contributed by atoms with E-state index < -0.39 is 29.5 Å². The van der Waals surface area contributed by atoms with Gasteiger partial charge in [-0.15, -0.1) is 0 Å². The highest BCUT2D eigenvalue weighted by molar-refractivity contribution is 5.97. The zero-order valence-electron chi connectivity index (χ0n) is 17.1. The molecule has 0 bridgehead atoms. The van der Waals surface area contributed by atoms with E-state index in [1.54, 1.807) is 27.7 Å². The van der Waals surface area contributed by atoms with Crippen molar-refractivity contribution in [2.75, 3.05) is 11.9 Å². The van der Waals surface area contributed by atoms with Crippen LogP contribution < -0.4 is 10.6 Å². The van der Waals surface area contributed by atoms with Crippen molar-refractivity contribution in [2.24, 2.45) is 0 Å². The third kappa shape index (κ3) is 7.91. The Bertz CT molecular complexity index is 834. The molecule has 0 radical (unpaired) electrons. The minimum Gasteiger partial charge on any atom is -0.444 e. The number of hydrogen-bond acceptors (Lipinski definition) is 4. The molecule has 1 unspecified atom stereocenters. The van der Waals surface area contributed by atoms with Crippen LogP contribution in [0.15, 0.2) is 48.5 Å². The van der Waals surface area contributed by atoms with Crippen molar-refractivity contribution in [1.82, 2.24) is 5.32 Å². The van der Waals surface area contributed by atoms with Crippen LogP contribution in [0.5, 0.6) is 0 Å². The molecule has 0 saturated heterocycles. The molecule has 0 heterocycles. The summed E-state index contributed by atoms with van der Waals surface area (Å²) in [4.78, 5) is 24.9. The lowest BCUT2D eigenvalue weighted by molar-refractivity contribution is -0.119. The summed E-state index contributed by atoms with van der Waals surface area (Å²) in [6, 6.07) is 12.5. The van der Waals surface area contributed by atoms with E-state index >= 15 is 0 Å². The Labute approximate surface area is 170 Å². The van der Waals surface area contributed by atoms with E-state index in [1.807, 2.05) is 30.3 Å². The highest BCUT2D eigenvalue weighted by atomic mass is 19.1. The van der Waals surface area contributed by atoms with Gasteiger partial charge in [-0.2, -0.15) is 0 Å². The third-order valence-corrected chi connectivity index (χ3v) is 3.85. The fourth-order valence-corrected chi connectivity index (χ4v) is 2.49. The number of amides is 2. The average Bonchev–Trinajstić information content (AvgIpc) is 2.62. The second kappa shape index (κ2) is 10.0. The summed E-state index contributed by atoms with van der Waals surface area (Å²) in [7, 11) is 0. The lowest BCUT2D eigenvalue weighted by Crippen LogP contribution is -2.48. The molecule has 7 heteroatoms. The zero-order valence-corrected chi connectivity index (χ0v) is 17.1. The Morgan fingerprint density at radius 2 is 1.79 bits per heavy atom. The summed E-state index contributed by atoms with van der Waals surface area (Å²) in [5, 5.41) is 5.24. The van der Waals surface area contributed by atoms with Crippen molar-refractivity contribution in [1.29, 1.82) is 0 Å². The Kier molecular flexibility index (Phi) is 7.73. The van der Waals surface area contributed by atoms with Gasteiger partial charge in [0.1, 0.15) is 17.5 Å². The molecule has 2 N–H and O–H groups in total. The number of alkyl carbamates (subject to hydrolysis) is 1. The van der Waals surface area contributed by atoms with Crippen molar-refractivity contribution in [3.8, 4) is 0 Å². The summed E-state index contributed by atoms with van der Waals surface area (Å²) in [6.45, 7) is 7.11. The number of nitrogens with one attached hydrogen (secondary N) is 2. The molecule has 2 amide bonds. The molecule has 0 aromatic heterocycles. The molecule has 0 fully saturated rings. The molecule has 2 aromatic carbocycles. The molecule has 2 aromatic rings. The Morgan fingerprint density at radius 1 is 1.10 bits per heavy atom. The largest absolute Gasteiger partial charge is 0.444 e. The molecular formula is C22H27FN2O4. The number of halogens is 1. The smallest absolute Gasteiger partial charge is 0.408 e. The van der Waals surface area contributed by atoms with Crippen LogP contribution in [0.1, 0.15) is 31.9 Å². The molecule has 0 aliphatic rings. The topological polar surface area (TPSA) is 76.7 Å². The van der Waals surface area contributed by atoms with Crippen LogP contribution in [0.25, 0.3) is 0 Å². The first-order chi connectivity index (χ1) is 13.6. The number of carbonyl (C=O) groups excluding carboxylic acids is 2. The number of hydrogen-bond donors (Lipinski definition) is 2. The summed E-state index contributed by atoms with van der Waals surface area (Å²) < 4.78 is 24.2. The lowest BCUT2D eigenvalue weighted by atomic mass is 10.2. The van der Waals surface area contributed by atoms with Gasteiger partial charge in [0.25, 0.3) is 0 Å². The van der Waals surface area contributed by atoms with E-state index in [0.29, 0.717) is 11.3 Å². The van der Waals surface area contributed by atoms with Crippen LogP contribution in [0, 0.1) is 12.7 Å². The molecule has 0 saturated carbocycles. The first kappa shape index (κ1) is 22.4. The number of benzene rings is 2. The van der Waals surface area contributed by atoms with Crippen LogP contribution in [0.2, 0.25) is 0 Å².